The van der Waals surface area contributed by atoms with Crippen LogP contribution in [-0.4, -0.2) is 59.9 Å². The molecule has 3 aliphatic rings. The summed E-state index contributed by atoms with van der Waals surface area (Å²) in [7, 11) is 3.01. The van der Waals surface area contributed by atoms with Gasteiger partial charge in [0.05, 0.1) is 38.2 Å². The van der Waals surface area contributed by atoms with Crippen LogP contribution in [0.1, 0.15) is 40.2 Å². The van der Waals surface area contributed by atoms with Crippen molar-refractivity contribution in [3.05, 3.63) is 52.7 Å². The zero-order valence-corrected chi connectivity index (χ0v) is 21.1. The molecule has 1 atom stereocenters. The number of hydrogen-bond acceptors (Lipinski definition) is 7. The first kappa shape index (κ1) is 23.6. The van der Waals surface area contributed by atoms with Gasteiger partial charge in [0, 0.05) is 16.6 Å². The Morgan fingerprint density at radius 3 is 2.54 bits per heavy atom. The normalized spacial score (nSPS) is 21.1. The lowest BCUT2D eigenvalue weighted by Crippen LogP contribution is -2.53. The summed E-state index contributed by atoms with van der Waals surface area (Å²) in [5.74, 6) is 0.932. The summed E-state index contributed by atoms with van der Waals surface area (Å²) in [5, 5.41) is 7.71. The highest BCUT2D eigenvalue weighted by Crippen LogP contribution is 2.38. The third-order valence-corrected chi connectivity index (χ3v) is 8.17. The van der Waals surface area contributed by atoms with Crippen LogP contribution in [0, 0.1) is 12.8 Å². The van der Waals surface area contributed by atoms with Gasteiger partial charge in [0.15, 0.2) is 0 Å². The second-order valence-electron chi connectivity index (χ2n) is 9.24. The Balaban J connectivity index is 1.38. The van der Waals surface area contributed by atoms with Crippen molar-refractivity contribution in [2.24, 2.45) is 5.92 Å². The van der Waals surface area contributed by atoms with Gasteiger partial charge in [-0.25, -0.2) is 4.79 Å². The predicted molar refractivity (Wildman–Crippen MR) is 135 cm³/mol. The highest BCUT2D eigenvalue weighted by molar-refractivity contribution is 7.18. The number of methoxy groups -OCH3 is 2. The summed E-state index contributed by atoms with van der Waals surface area (Å²) in [6.07, 6.45) is 5.19. The van der Waals surface area contributed by atoms with Crippen molar-refractivity contribution in [2.45, 2.75) is 38.8 Å². The van der Waals surface area contributed by atoms with E-state index in [2.05, 4.69) is 15.3 Å². The zero-order chi connectivity index (χ0) is 24.5. The van der Waals surface area contributed by atoms with Gasteiger partial charge in [0.1, 0.15) is 10.6 Å². The van der Waals surface area contributed by atoms with Gasteiger partial charge >= 0.3 is 5.97 Å². The van der Waals surface area contributed by atoms with Crippen LogP contribution < -0.4 is 10.1 Å². The van der Waals surface area contributed by atoms with Gasteiger partial charge in [-0.1, -0.05) is 12.1 Å². The van der Waals surface area contributed by atoms with E-state index in [4.69, 9.17) is 9.47 Å². The number of anilines is 1. The largest absolute Gasteiger partial charge is 0.497 e. The number of piperidine rings is 3. The lowest BCUT2D eigenvalue weighted by Gasteiger charge is -2.44. The fourth-order valence-electron chi connectivity index (χ4n) is 5.07. The molecular formula is C26H30N4O4S. The first-order valence-electron chi connectivity index (χ1n) is 11.9. The standard InChI is InChI=1S/C26H30N4O4S/c1-16-20(15-30(28-16)14-18-4-6-19(33-2)7-5-18)23-13-21(24(35-23)26(32)34-3)27-25(31)22-12-17-8-10-29(22)11-9-17/h4-7,13,15,17,22H,8-12,14H2,1-3H3,(H,27,31). The molecule has 6 rings (SSSR count). The van der Waals surface area contributed by atoms with Crippen molar-refractivity contribution >= 4 is 28.9 Å². The number of esters is 1. The Labute approximate surface area is 208 Å². The second kappa shape index (κ2) is 9.83. The summed E-state index contributed by atoms with van der Waals surface area (Å²) >= 11 is 1.32. The van der Waals surface area contributed by atoms with E-state index in [1.807, 2.05) is 48.1 Å². The van der Waals surface area contributed by atoms with Gasteiger partial charge < -0.3 is 14.8 Å². The molecule has 2 bridgehead atoms. The number of carbonyl (C=O) groups is 2. The SMILES string of the molecule is COC(=O)c1sc(-c2cn(Cc3ccc(OC)cc3)nc2C)cc1NC(=O)C1CC2CCN1CC2. The van der Waals surface area contributed by atoms with Crippen LogP contribution in [0.25, 0.3) is 10.4 Å². The minimum atomic E-state index is -0.453. The topological polar surface area (TPSA) is 85.7 Å². The molecular weight excluding hydrogens is 464 g/mol. The molecule has 1 N–H and O–H groups in total. The number of thiophene rings is 1. The van der Waals surface area contributed by atoms with Crippen LogP contribution in [0.2, 0.25) is 0 Å². The van der Waals surface area contributed by atoms with Gasteiger partial charge in [-0.05, 0) is 69.0 Å². The van der Waals surface area contributed by atoms with Crippen molar-refractivity contribution in [1.82, 2.24) is 14.7 Å². The lowest BCUT2D eigenvalue weighted by atomic mass is 9.83. The first-order valence-corrected chi connectivity index (χ1v) is 12.7. The second-order valence-corrected chi connectivity index (χ2v) is 10.3. The Morgan fingerprint density at radius 2 is 1.91 bits per heavy atom. The van der Waals surface area contributed by atoms with Crippen LogP contribution in [0.15, 0.2) is 36.5 Å². The van der Waals surface area contributed by atoms with Crippen molar-refractivity contribution in [3.63, 3.8) is 0 Å². The van der Waals surface area contributed by atoms with Gasteiger partial charge in [-0.2, -0.15) is 5.10 Å². The van der Waals surface area contributed by atoms with E-state index in [9.17, 15) is 9.59 Å². The Hall–Kier alpha value is -3.17. The quantitative estimate of drug-likeness (QED) is 0.496. The van der Waals surface area contributed by atoms with Gasteiger partial charge in [-0.3, -0.25) is 14.4 Å². The fourth-order valence-corrected chi connectivity index (χ4v) is 6.17. The van der Waals surface area contributed by atoms with Gasteiger partial charge in [-0.15, -0.1) is 11.3 Å². The van der Waals surface area contributed by atoms with Crippen LogP contribution in [0.3, 0.4) is 0 Å². The molecule has 0 radical (unpaired) electrons. The molecule has 3 aromatic rings. The molecule has 35 heavy (non-hydrogen) atoms. The zero-order valence-electron chi connectivity index (χ0n) is 20.2. The highest BCUT2D eigenvalue weighted by Gasteiger charge is 2.38. The van der Waals surface area contributed by atoms with E-state index < -0.39 is 5.97 Å². The van der Waals surface area contributed by atoms with E-state index in [1.54, 1.807) is 7.11 Å². The highest BCUT2D eigenvalue weighted by atomic mass is 32.1. The average Bonchev–Trinajstić information content (AvgIpc) is 3.47. The number of nitrogens with one attached hydrogen (secondary N) is 1. The molecule has 0 aliphatic carbocycles. The Morgan fingerprint density at radius 1 is 1.17 bits per heavy atom. The van der Waals surface area contributed by atoms with Gasteiger partial charge in [0.25, 0.3) is 0 Å². The number of fused-ring (bicyclic) bond motifs is 3. The summed E-state index contributed by atoms with van der Waals surface area (Å²) in [5.41, 5.74) is 3.39. The van der Waals surface area contributed by atoms with E-state index >= 15 is 0 Å². The molecule has 3 fully saturated rings. The number of carbonyl (C=O) groups excluding carboxylic acids is 2. The molecule has 2 aromatic heterocycles. The summed E-state index contributed by atoms with van der Waals surface area (Å²) in [4.78, 5) is 29.2. The van der Waals surface area contributed by atoms with Crippen LogP contribution in [0.5, 0.6) is 5.75 Å². The summed E-state index contributed by atoms with van der Waals surface area (Å²) in [6, 6.07) is 9.61. The maximum atomic E-state index is 13.2. The smallest absolute Gasteiger partial charge is 0.350 e. The summed E-state index contributed by atoms with van der Waals surface area (Å²) < 4.78 is 12.1. The Bertz CT molecular complexity index is 1220. The number of nitrogens with zero attached hydrogens (tertiary/aromatic N) is 3. The third-order valence-electron chi connectivity index (χ3n) is 7.03. The minimum absolute atomic E-state index is 0.0455. The third kappa shape index (κ3) is 4.83. The van der Waals surface area contributed by atoms with Crippen LogP contribution in [-0.2, 0) is 16.1 Å². The average molecular weight is 495 g/mol. The predicted octanol–water partition coefficient (Wildman–Crippen LogP) is 4.19. The van der Waals surface area contributed by atoms with Crippen molar-refractivity contribution in [1.29, 1.82) is 0 Å². The minimum Gasteiger partial charge on any atom is -0.497 e. The fraction of sp³-hybridized carbons (Fsp3) is 0.423. The lowest BCUT2D eigenvalue weighted by molar-refractivity contribution is -0.125. The maximum absolute atomic E-state index is 13.2. The summed E-state index contributed by atoms with van der Waals surface area (Å²) in [6.45, 7) is 4.49. The van der Waals surface area contributed by atoms with Crippen molar-refractivity contribution in [2.75, 3.05) is 32.6 Å². The molecule has 3 aliphatic heterocycles. The van der Waals surface area contributed by atoms with E-state index in [-0.39, 0.29) is 11.9 Å². The number of hydrogen-bond donors (Lipinski definition) is 1. The first-order chi connectivity index (χ1) is 16.9. The number of ether oxygens (including phenoxy) is 2. The molecule has 8 nitrogen and oxygen atoms in total. The van der Waals surface area contributed by atoms with E-state index in [0.717, 1.165) is 47.0 Å². The molecule has 9 heteroatoms. The molecule has 5 heterocycles. The molecule has 0 spiro atoms. The molecule has 1 amide bonds. The van der Waals surface area contributed by atoms with Crippen molar-refractivity contribution in [3.8, 4) is 16.2 Å². The Kier molecular flexibility index (Phi) is 6.62. The monoisotopic (exact) mass is 494 g/mol. The number of benzene rings is 1. The molecule has 1 unspecified atom stereocenters. The number of aromatic nitrogens is 2. The molecule has 184 valence electrons. The van der Waals surface area contributed by atoms with Crippen LogP contribution >= 0.6 is 11.3 Å². The molecule has 0 saturated carbocycles. The molecule has 1 aromatic carbocycles. The maximum Gasteiger partial charge on any atom is 0.350 e. The van der Waals surface area contributed by atoms with E-state index in [0.29, 0.717) is 23.0 Å². The number of rotatable bonds is 7. The van der Waals surface area contributed by atoms with E-state index in [1.165, 1.54) is 31.3 Å². The number of amides is 1. The van der Waals surface area contributed by atoms with Crippen molar-refractivity contribution < 1.29 is 19.1 Å². The van der Waals surface area contributed by atoms with Crippen LogP contribution in [0.4, 0.5) is 5.69 Å². The molecule has 3 saturated heterocycles. The van der Waals surface area contributed by atoms with Gasteiger partial charge in [0.2, 0.25) is 5.91 Å². The number of aryl methyl sites for hydroxylation is 1.